The highest BCUT2D eigenvalue weighted by Gasteiger charge is 2.27. The SMILES string of the molecule is CC(=N)OC(=N)c1ccc2[nH]nc(-c3ccnc(N4CC(F)C4)c3)c2c1. The molecular weight excluding hydrogens is 335 g/mol. The molecule has 26 heavy (non-hydrogen) atoms. The van der Waals surface area contributed by atoms with E-state index in [0.29, 0.717) is 18.7 Å². The number of hydrogen-bond donors (Lipinski definition) is 3. The van der Waals surface area contributed by atoms with Gasteiger partial charge in [-0.3, -0.25) is 15.9 Å². The highest BCUT2D eigenvalue weighted by molar-refractivity contribution is 6.03. The van der Waals surface area contributed by atoms with Crippen LogP contribution < -0.4 is 4.90 Å². The van der Waals surface area contributed by atoms with Crippen molar-refractivity contribution in [3.8, 4) is 11.3 Å². The zero-order chi connectivity index (χ0) is 18.3. The van der Waals surface area contributed by atoms with Gasteiger partial charge in [-0.25, -0.2) is 9.37 Å². The Bertz CT molecular complexity index is 1010. The molecule has 1 aliphatic rings. The fraction of sp³-hybridized carbons (Fsp3) is 0.222. The average molecular weight is 352 g/mol. The zero-order valence-corrected chi connectivity index (χ0v) is 14.1. The molecule has 1 aromatic carbocycles. The number of hydrogen-bond acceptors (Lipinski definition) is 6. The zero-order valence-electron chi connectivity index (χ0n) is 14.1. The van der Waals surface area contributed by atoms with Crippen molar-refractivity contribution in [3.05, 3.63) is 42.1 Å². The van der Waals surface area contributed by atoms with Crippen LogP contribution in [0.2, 0.25) is 0 Å². The molecule has 0 atom stereocenters. The molecule has 1 fully saturated rings. The van der Waals surface area contributed by atoms with Crippen LogP contribution in [-0.2, 0) is 4.74 Å². The van der Waals surface area contributed by atoms with Crippen molar-refractivity contribution in [1.82, 2.24) is 15.2 Å². The average Bonchev–Trinajstić information content (AvgIpc) is 3.01. The van der Waals surface area contributed by atoms with Gasteiger partial charge in [0.2, 0.25) is 5.90 Å². The second-order valence-corrected chi connectivity index (χ2v) is 6.22. The Morgan fingerprint density at radius 2 is 2.08 bits per heavy atom. The minimum atomic E-state index is -0.794. The van der Waals surface area contributed by atoms with Crippen LogP contribution in [0.25, 0.3) is 22.2 Å². The third-order valence-corrected chi connectivity index (χ3v) is 4.26. The number of alkyl halides is 1. The number of benzene rings is 1. The molecule has 7 nitrogen and oxygen atoms in total. The lowest BCUT2D eigenvalue weighted by molar-refractivity contribution is 0.273. The molecule has 8 heteroatoms. The number of aromatic nitrogens is 3. The summed E-state index contributed by atoms with van der Waals surface area (Å²) in [4.78, 5) is 6.19. The number of nitrogens with one attached hydrogen (secondary N) is 3. The second-order valence-electron chi connectivity index (χ2n) is 6.22. The van der Waals surface area contributed by atoms with Gasteiger partial charge in [0.25, 0.3) is 0 Å². The highest BCUT2D eigenvalue weighted by Crippen LogP contribution is 2.30. The molecular formula is C18H17FN6O. The smallest absolute Gasteiger partial charge is 0.220 e. The number of nitrogens with zero attached hydrogens (tertiary/aromatic N) is 3. The Hall–Kier alpha value is -3.29. The Kier molecular flexibility index (Phi) is 3.87. The molecule has 0 unspecified atom stereocenters. The molecule has 0 bridgehead atoms. The molecule has 3 aromatic rings. The number of anilines is 1. The van der Waals surface area contributed by atoms with E-state index in [0.717, 1.165) is 28.0 Å². The van der Waals surface area contributed by atoms with E-state index in [-0.39, 0.29) is 11.8 Å². The highest BCUT2D eigenvalue weighted by atomic mass is 19.1. The lowest BCUT2D eigenvalue weighted by Gasteiger charge is -2.35. The molecule has 132 valence electrons. The van der Waals surface area contributed by atoms with Crippen molar-refractivity contribution in [2.45, 2.75) is 13.1 Å². The predicted octanol–water partition coefficient (Wildman–Crippen LogP) is 3.12. The van der Waals surface area contributed by atoms with Gasteiger partial charge in [0.15, 0.2) is 5.90 Å². The first-order valence-corrected chi connectivity index (χ1v) is 8.17. The van der Waals surface area contributed by atoms with E-state index in [4.69, 9.17) is 15.6 Å². The Morgan fingerprint density at radius 1 is 1.27 bits per heavy atom. The van der Waals surface area contributed by atoms with E-state index in [1.54, 1.807) is 18.3 Å². The lowest BCUT2D eigenvalue weighted by Crippen LogP contribution is -2.48. The maximum atomic E-state index is 13.1. The van der Waals surface area contributed by atoms with E-state index in [1.165, 1.54) is 6.92 Å². The number of fused-ring (bicyclic) bond motifs is 1. The number of rotatable bonds is 3. The summed E-state index contributed by atoms with van der Waals surface area (Å²) in [5, 5.41) is 23.5. The van der Waals surface area contributed by atoms with E-state index < -0.39 is 6.17 Å². The van der Waals surface area contributed by atoms with Gasteiger partial charge in [0.05, 0.1) is 18.6 Å². The number of ether oxygens (including phenoxy) is 1. The van der Waals surface area contributed by atoms with Crippen molar-refractivity contribution in [3.63, 3.8) is 0 Å². The van der Waals surface area contributed by atoms with E-state index in [9.17, 15) is 4.39 Å². The monoisotopic (exact) mass is 352 g/mol. The quantitative estimate of drug-likeness (QED) is 0.498. The van der Waals surface area contributed by atoms with Crippen LogP contribution in [-0.4, -0.2) is 46.2 Å². The van der Waals surface area contributed by atoms with Crippen LogP contribution in [0.4, 0.5) is 10.2 Å². The van der Waals surface area contributed by atoms with Gasteiger partial charge in [-0.15, -0.1) is 0 Å². The van der Waals surface area contributed by atoms with Crippen LogP contribution in [0.1, 0.15) is 12.5 Å². The molecule has 0 aliphatic carbocycles. The Balaban J connectivity index is 1.71. The Morgan fingerprint density at radius 3 is 2.81 bits per heavy atom. The first kappa shape index (κ1) is 16.2. The van der Waals surface area contributed by atoms with E-state index >= 15 is 0 Å². The summed E-state index contributed by atoms with van der Waals surface area (Å²) in [7, 11) is 0. The van der Waals surface area contributed by atoms with Gasteiger partial charge >= 0.3 is 0 Å². The third kappa shape index (κ3) is 2.90. The minimum absolute atomic E-state index is 0.0398. The molecule has 2 aromatic heterocycles. The molecule has 0 radical (unpaired) electrons. The molecule has 0 spiro atoms. The van der Waals surface area contributed by atoms with Crippen molar-refractivity contribution in [2.24, 2.45) is 0 Å². The standard InChI is InChI=1S/C18H17FN6O/c1-10(20)26-18(21)12-2-3-15-14(6-12)17(24-23-15)11-4-5-22-16(7-11)25-8-13(19)9-25/h2-7,13,20-21H,8-9H2,1H3,(H,23,24). The lowest BCUT2D eigenvalue weighted by atomic mass is 10.1. The summed E-state index contributed by atoms with van der Waals surface area (Å²) in [5.74, 6) is 0.595. The molecule has 1 saturated heterocycles. The van der Waals surface area contributed by atoms with Crippen LogP contribution >= 0.6 is 0 Å². The Labute approximate surface area is 148 Å². The first-order valence-electron chi connectivity index (χ1n) is 8.17. The number of halogens is 1. The molecule has 1 aliphatic heterocycles. The topological polar surface area (TPSA) is 102 Å². The molecule has 4 rings (SSSR count). The summed E-state index contributed by atoms with van der Waals surface area (Å²) >= 11 is 0. The van der Waals surface area contributed by atoms with Crippen LogP contribution in [0.5, 0.6) is 0 Å². The second kappa shape index (κ2) is 6.21. The van der Waals surface area contributed by atoms with Gasteiger partial charge in [0, 0.05) is 29.6 Å². The largest absolute Gasteiger partial charge is 0.426 e. The van der Waals surface area contributed by atoms with Crippen molar-refractivity contribution < 1.29 is 9.13 Å². The molecule has 0 saturated carbocycles. The summed E-state index contributed by atoms with van der Waals surface area (Å²) < 4.78 is 18.2. The van der Waals surface area contributed by atoms with Gasteiger partial charge in [0.1, 0.15) is 17.7 Å². The fourth-order valence-corrected chi connectivity index (χ4v) is 2.94. The van der Waals surface area contributed by atoms with Crippen molar-refractivity contribution in [2.75, 3.05) is 18.0 Å². The third-order valence-electron chi connectivity index (χ3n) is 4.26. The summed E-state index contributed by atoms with van der Waals surface area (Å²) in [6.45, 7) is 2.20. The number of pyridine rings is 1. The molecule has 0 amide bonds. The fourth-order valence-electron chi connectivity index (χ4n) is 2.94. The maximum Gasteiger partial charge on any atom is 0.220 e. The maximum absolute atomic E-state index is 13.1. The number of aromatic amines is 1. The van der Waals surface area contributed by atoms with Gasteiger partial charge < -0.3 is 9.64 Å². The normalized spacial score (nSPS) is 14.3. The van der Waals surface area contributed by atoms with Crippen LogP contribution in [0.3, 0.4) is 0 Å². The summed E-state index contributed by atoms with van der Waals surface area (Å²) in [6, 6.07) is 9.11. The number of H-pyrrole nitrogens is 1. The van der Waals surface area contributed by atoms with Gasteiger partial charge in [-0.05, 0) is 30.3 Å². The van der Waals surface area contributed by atoms with Crippen LogP contribution in [0, 0.1) is 10.8 Å². The van der Waals surface area contributed by atoms with Crippen LogP contribution in [0.15, 0.2) is 36.5 Å². The van der Waals surface area contributed by atoms with Gasteiger partial charge in [-0.1, -0.05) is 0 Å². The molecule has 3 heterocycles. The minimum Gasteiger partial charge on any atom is -0.426 e. The van der Waals surface area contributed by atoms with E-state index in [1.807, 2.05) is 23.1 Å². The first-order chi connectivity index (χ1) is 12.5. The van der Waals surface area contributed by atoms with Crippen molar-refractivity contribution in [1.29, 1.82) is 10.8 Å². The molecule has 3 N–H and O–H groups in total. The summed E-state index contributed by atoms with van der Waals surface area (Å²) in [5.41, 5.74) is 2.97. The van der Waals surface area contributed by atoms with E-state index in [2.05, 4.69) is 15.2 Å². The van der Waals surface area contributed by atoms with Crippen molar-refractivity contribution >= 4 is 28.5 Å². The van der Waals surface area contributed by atoms with Gasteiger partial charge in [-0.2, -0.15) is 5.10 Å². The predicted molar refractivity (Wildman–Crippen MR) is 97.7 cm³/mol. The summed E-state index contributed by atoms with van der Waals surface area (Å²) in [6.07, 6.45) is 0.891.